The van der Waals surface area contributed by atoms with E-state index >= 15 is 0 Å². The van der Waals surface area contributed by atoms with Crippen LogP contribution in [0, 0.1) is 12.3 Å². The summed E-state index contributed by atoms with van der Waals surface area (Å²) in [6.45, 7) is 16.0. The summed E-state index contributed by atoms with van der Waals surface area (Å²) in [5, 5.41) is 5.95. The molecule has 0 aliphatic rings. The Morgan fingerprint density at radius 1 is 1.24 bits per heavy atom. The average molecular weight is 253 g/mol. The van der Waals surface area contributed by atoms with Gasteiger partial charge in [0.2, 0.25) is 0 Å². The van der Waals surface area contributed by atoms with Crippen LogP contribution in [0.1, 0.15) is 64.4 Å². The van der Waals surface area contributed by atoms with Gasteiger partial charge in [-0.05, 0) is 56.5 Å². The van der Waals surface area contributed by atoms with Crippen molar-refractivity contribution < 1.29 is 0 Å². The lowest BCUT2D eigenvalue weighted by Gasteiger charge is -2.36. The van der Waals surface area contributed by atoms with Crippen LogP contribution in [0.2, 0.25) is 0 Å². The van der Waals surface area contributed by atoms with E-state index in [4.69, 9.17) is 0 Å². The van der Waals surface area contributed by atoms with Crippen LogP contribution < -0.4 is 5.32 Å². The molecule has 1 aromatic rings. The fourth-order valence-electron chi connectivity index (χ4n) is 2.86. The molecule has 0 spiro atoms. The molecule has 1 rings (SSSR count). The van der Waals surface area contributed by atoms with E-state index in [0.717, 1.165) is 0 Å². The molecule has 2 heteroatoms. The summed E-state index contributed by atoms with van der Waals surface area (Å²) in [5.41, 5.74) is 1.94. The predicted octanol–water partition coefficient (Wildman–Crippen LogP) is 4.92. The zero-order chi connectivity index (χ0) is 13.3. The molecule has 1 aromatic heterocycles. The molecule has 0 aliphatic heterocycles. The molecule has 0 fully saturated rings. The number of nitrogens with one attached hydrogen (secondary N) is 1. The van der Waals surface area contributed by atoms with Crippen molar-refractivity contribution in [3.05, 3.63) is 21.9 Å². The van der Waals surface area contributed by atoms with Crippen molar-refractivity contribution >= 4 is 11.3 Å². The highest BCUT2D eigenvalue weighted by Gasteiger charge is 2.27. The van der Waals surface area contributed by atoms with Crippen LogP contribution in [-0.4, -0.2) is 5.54 Å². The highest BCUT2D eigenvalue weighted by molar-refractivity contribution is 7.10. The smallest absolute Gasteiger partial charge is 0.0393 e. The summed E-state index contributed by atoms with van der Waals surface area (Å²) in [4.78, 5) is 1.46. The zero-order valence-corrected chi connectivity index (χ0v) is 13.2. The molecule has 17 heavy (non-hydrogen) atoms. The Hall–Kier alpha value is -0.340. The lowest BCUT2D eigenvalue weighted by atomic mass is 9.81. The van der Waals surface area contributed by atoms with E-state index in [-0.39, 0.29) is 5.54 Å². The van der Waals surface area contributed by atoms with Crippen molar-refractivity contribution in [2.45, 2.75) is 66.5 Å². The van der Waals surface area contributed by atoms with Gasteiger partial charge in [0, 0.05) is 16.5 Å². The zero-order valence-electron chi connectivity index (χ0n) is 12.3. The van der Waals surface area contributed by atoms with Crippen molar-refractivity contribution in [3.8, 4) is 0 Å². The molecule has 98 valence electrons. The second-order valence-electron chi connectivity index (χ2n) is 6.96. The minimum atomic E-state index is 0.175. The Morgan fingerprint density at radius 2 is 1.82 bits per heavy atom. The number of rotatable bonds is 4. The average Bonchev–Trinajstić information content (AvgIpc) is 2.44. The largest absolute Gasteiger partial charge is 0.304 e. The topological polar surface area (TPSA) is 12.0 Å². The third-order valence-electron chi connectivity index (χ3n) is 2.87. The van der Waals surface area contributed by atoms with E-state index in [0.29, 0.717) is 11.5 Å². The molecule has 0 aliphatic carbocycles. The summed E-state index contributed by atoms with van der Waals surface area (Å²) in [6, 6.07) is 2.64. The van der Waals surface area contributed by atoms with Gasteiger partial charge in [0.05, 0.1) is 0 Å². The van der Waals surface area contributed by atoms with Crippen molar-refractivity contribution in [1.29, 1.82) is 0 Å². The Kier molecular flexibility index (Phi) is 4.43. The Labute approximate surface area is 111 Å². The summed E-state index contributed by atoms with van der Waals surface area (Å²) >= 11 is 1.85. The first-order chi connectivity index (χ1) is 7.61. The lowest BCUT2D eigenvalue weighted by Crippen LogP contribution is -2.43. The minimum absolute atomic E-state index is 0.175. The third kappa shape index (κ3) is 4.81. The second kappa shape index (κ2) is 5.11. The second-order valence-corrected chi connectivity index (χ2v) is 7.90. The van der Waals surface area contributed by atoms with Gasteiger partial charge in [-0.1, -0.05) is 20.8 Å². The van der Waals surface area contributed by atoms with Gasteiger partial charge in [-0.3, -0.25) is 0 Å². The molecule has 1 nitrogen and oxygen atoms in total. The number of hydrogen-bond acceptors (Lipinski definition) is 2. The molecular weight excluding hydrogens is 226 g/mol. The summed E-state index contributed by atoms with van der Waals surface area (Å²) in [6.07, 6.45) is 1.18. The van der Waals surface area contributed by atoms with Gasteiger partial charge in [-0.25, -0.2) is 0 Å². The van der Waals surface area contributed by atoms with E-state index in [1.54, 1.807) is 0 Å². The summed E-state index contributed by atoms with van der Waals surface area (Å²) in [5.74, 6) is 0. The maximum absolute atomic E-state index is 3.77. The minimum Gasteiger partial charge on any atom is -0.304 e. The van der Waals surface area contributed by atoms with Crippen LogP contribution in [0.3, 0.4) is 0 Å². The van der Waals surface area contributed by atoms with Crippen molar-refractivity contribution in [2.24, 2.45) is 5.41 Å². The van der Waals surface area contributed by atoms with Crippen molar-refractivity contribution in [3.63, 3.8) is 0 Å². The fraction of sp³-hybridized carbons (Fsp3) is 0.733. The molecule has 1 atom stereocenters. The van der Waals surface area contributed by atoms with Crippen LogP contribution in [0.25, 0.3) is 0 Å². The van der Waals surface area contributed by atoms with E-state index in [1.165, 1.54) is 16.9 Å². The number of hydrogen-bond donors (Lipinski definition) is 1. The first-order valence-corrected chi connectivity index (χ1v) is 7.30. The van der Waals surface area contributed by atoms with Gasteiger partial charge < -0.3 is 5.32 Å². The van der Waals surface area contributed by atoms with Crippen LogP contribution >= 0.6 is 11.3 Å². The molecule has 0 aromatic carbocycles. The molecule has 1 heterocycles. The van der Waals surface area contributed by atoms with Crippen molar-refractivity contribution in [1.82, 2.24) is 5.32 Å². The third-order valence-corrected chi connectivity index (χ3v) is 4.08. The standard InChI is InChI=1S/C15H27NS/c1-11-8-9-17-13(11)12(2)16-15(6,7)10-14(3,4)5/h8-9,12,16H,10H2,1-7H3. The molecular formula is C15H27NS. The quantitative estimate of drug-likeness (QED) is 0.803. The Bertz CT molecular complexity index is 357. The van der Waals surface area contributed by atoms with Crippen LogP contribution in [-0.2, 0) is 0 Å². The maximum Gasteiger partial charge on any atom is 0.0393 e. The molecule has 0 saturated carbocycles. The number of thiophene rings is 1. The fourth-order valence-corrected chi connectivity index (χ4v) is 3.79. The first-order valence-electron chi connectivity index (χ1n) is 6.42. The lowest BCUT2D eigenvalue weighted by molar-refractivity contribution is 0.227. The Morgan fingerprint density at radius 3 is 2.24 bits per heavy atom. The van der Waals surface area contributed by atoms with Gasteiger partial charge in [0.25, 0.3) is 0 Å². The van der Waals surface area contributed by atoms with E-state index in [1.807, 2.05) is 11.3 Å². The van der Waals surface area contributed by atoms with Gasteiger partial charge >= 0.3 is 0 Å². The highest BCUT2D eigenvalue weighted by Crippen LogP contribution is 2.31. The molecule has 0 radical (unpaired) electrons. The van der Waals surface area contributed by atoms with Gasteiger partial charge in [0.1, 0.15) is 0 Å². The van der Waals surface area contributed by atoms with Gasteiger partial charge in [-0.2, -0.15) is 0 Å². The predicted molar refractivity (Wildman–Crippen MR) is 78.8 cm³/mol. The summed E-state index contributed by atoms with van der Waals surface area (Å²) < 4.78 is 0. The van der Waals surface area contributed by atoms with E-state index < -0.39 is 0 Å². The molecule has 0 saturated heterocycles. The molecule has 0 amide bonds. The first kappa shape index (κ1) is 14.7. The SMILES string of the molecule is Cc1ccsc1C(C)NC(C)(C)CC(C)(C)C. The van der Waals surface area contributed by atoms with Crippen LogP contribution in [0.5, 0.6) is 0 Å². The van der Waals surface area contributed by atoms with Gasteiger partial charge in [0.15, 0.2) is 0 Å². The monoisotopic (exact) mass is 253 g/mol. The highest BCUT2D eigenvalue weighted by atomic mass is 32.1. The maximum atomic E-state index is 3.77. The van der Waals surface area contributed by atoms with E-state index in [9.17, 15) is 0 Å². The Balaban J connectivity index is 2.68. The molecule has 1 N–H and O–H groups in total. The molecule has 0 bridgehead atoms. The number of aryl methyl sites for hydroxylation is 1. The normalized spacial score (nSPS) is 15.0. The van der Waals surface area contributed by atoms with Crippen molar-refractivity contribution in [2.75, 3.05) is 0 Å². The summed E-state index contributed by atoms with van der Waals surface area (Å²) in [7, 11) is 0. The van der Waals surface area contributed by atoms with E-state index in [2.05, 4.69) is 65.2 Å². The van der Waals surface area contributed by atoms with Crippen LogP contribution in [0.4, 0.5) is 0 Å². The van der Waals surface area contributed by atoms with Crippen LogP contribution in [0.15, 0.2) is 11.4 Å². The van der Waals surface area contributed by atoms with Gasteiger partial charge in [-0.15, -0.1) is 11.3 Å². The molecule has 1 unspecified atom stereocenters.